The Labute approximate surface area is 123 Å². The molecule has 0 unspecified atom stereocenters. The van der Waals surface area contributed by atoms with Crippen LogP contribution in [0.25, 0.3) is 0 Å². The topological polar surface area (TPSA) is 24.1 Å². The zero-order chi connectivity index (χ0) is 13.6. The number of hydrogen-bond donors (Lipinski definition) is 2. The maximum atomic E-state index is 3.79. The molecule has 20 heavy (non-hydrogen) atoms. The first-order valence-corrected chi connectivity index (χ1v) is 8.51. The third-order valence-electron chi connectivity index (χ3n) is 4.83. The Morgan fingerprint density at radius 2 is 1.85 bits per heavy atom. The molecule has 0 saturated heterocycles. The van der Waals surface area contributed by atoms with Crippen molar-refractivity contribution in [2.24, 2.45) is 0 Å². The molecular weight excluding hydrogens is 244 g/mol. The van der Waals surface area contributed by atoms with E-state index >= 15 is 0 Å². The van der Waals surface area contributed by atoms with E-state index in [0.29, 0.717) is 0 Å². The molecule has 1 aliphatic heterocycles. The maximum Gasteiger partial charge on any atom is 0.0373 e. The molecule has 0 aromatic heterocycles. The average molecular weight is 272 g/mol. The molecule has 1 saturated carbocycles. The van der Waals surface area contributed by atoms with Crippen LogP contribution in [0.5, 0.6) is 0 Å². The van der Waals surface area contributed by atoms with E-state index in [0.717, 1.165) is 19.1 Å². The SMILES string of the molecule is c1cc2c(cc1CCNC1CCCCCCC1)CCN2. The summed E-state index contributed by atoms with van der Waals surface area (Å²) >= 11 is 0. The second-order valence-corrected chi connectivity index (χ2v) is 6.41. The van der Waals surface area contributed by atoms with Crippen LogP contribution >= 0.6 is 0 Å². The van der Waals surface area contributed by atoms with Gasteiger partial charge in [-0.3, -0.25) is 0 Å². The number of fused-ring (bicyclic) bond motifs is 1. The van der Waals surface area contributed by atoms with Gasteiger partial charge in [0.15, 0.2) is 0 Å². The van der Waals surface area contributed by atoms with E-state index in [2.05, 4.69) is 28.8 Å². The van der Waals surface area contributed by atoms with E-state index in [1.54, 1.807) is 0 Å². The molecule has 0 bridgehead atoms. The molecular formula is C18H28N2. The first-order valence-electron chi connectivity index (χ1n) is 8.51. The number of rotatable bonds is 4. The Hall–Kier alpha value is -1.02. The van der Waals surface area contributed by atoms with Gasteiger partial charge < -0.3 is 10.6 Å². The second-order valence-electron chi connectivity index (χ2n) is 6.41. The van der Waals surface area contributed by atoms with Gasteiger partial charge in [-0.05, 0) is 49.4 Å². The Morgan fingerprint density at radius 3 is 2.70 bits per heavy atom. The highest BCUT2D eigenvalue weighted by molar-refractivity contribution is 5.56. The van der Waals surface area contributed by atoms with Crippen molar-refractivity contribution < 1.29 is 0 Å². The Morgan fingerprint density at radius 1 is 1.05 bits per heavy atom. The highest BCUT2D eigenvalue weighted by Gasteiger charge is 2.12. The summed E-state index contributed by atoms with van der Waals surface area (Å²) in [6, 6.07) is 7.71. The van der Waals surface area contributed by atoms with Crippen molar-refractivity contribution in [3.8, 4) is 0 Å². The average Bonchev–Trinajstić information content (AvgIpc) is 2.88. The largest absolute Gasteiger partial charge is 0.384 e. The molecule has 2 heteroatoms. The normalized spacial score (nSPS) is 20.0. The van der Waals surface area contributed by atoms with Gasteiger partial charge in [0.1, 0.15) is 0 Å². The lowest BCUT2D eigenvalue weighted by Gasteiger charge is -2.21. The highest BCUT2D eigenvalue weighted by atomic mass is 14.9. The van der Waals surface area contributed by atoms with Crippen molar-refractivity contribution in [2.45, 2.75) is 63.8 Å². The lowest BCUT2D eigenvalue weighted by Crippen LogP contribution is -2.31. The van der Waals surface area contributed by atoms with Gasteiger partial charge in [0.05, 0.1) is 0 Å². The van der Waals surface area contributed by atoms with E-state index < -0.39 is 0 Å². The van der Waals surface area contributed by atoms with E-state index in [1.807, 2.05) is 0 Å². The van der Waals surface area contributed by atoms with Gasteiger partial charge in [-0.15, -0.1) is 0 Å². The van der Waals surface area contributed by atoms with Crippen molar-refractivity contribution in [1.29, 1.82) is 0 Å². The quantitative estimate of drug-likeness (QED) is 0.868. The summed E-state index contributed by atoms with van der Waals surface area (Å²) < 4.78 is 0. The molecule has 0 spiro atoms. The van der Waals surface area contributed by atoms with Gasteiger partial charge in [0.25, 0.3) is 0 Å². The molecule has 0 amide bonds. The molecule has 2 aliphatic rings. The standard InChI is InChI=1S/C18H28N2/c1-2-4-6-17(7-5-3-1)19-12-10-15-8-9-18-16(14-15)11-13-20-18/h8-9,14,17,19-20H,1-7,10-13H2. The Kier molecular flexibility index (Phi) is 4.96. The van der Waals surface area contributed by atoms with E-state index in [4.69, 9.17) is 0 Å². The summed E-state index contributed by atoms with van der Waals surface area (Å²) in [7, 11) is 0. The number of benzene rings is 1. The smallest absolute Gasteiger partial charge is 0.0373 e. The van der Waals surface area contributed by atoms with E-state index in [-0.39, 0.29) is 0 Å². The fourth-order valence-corrected chi connectivity index (χ4v) is 3.59. The van der Waals surface area contributed by atoms with Crippen LogP contribution in [0.1, 0.15) is 56.1 Å². The lowest BCUT2D eigenvalue weighted by molar-refractivity contribution is 0.392. The van der Waals surface area contributed by atoms with Gasteiger partial charge in [-0.25, -0.2) is 0 Å². The van der Waals surface area contributed by atoms with Crippen molar-refractivity contribution in [1.82, 2.24) is 5.32 Å². The minimum absolute atomic E-state index is 0.770. The van der Waals surface area contributed by atoms with E-state index in [1.165, 1.54) is 74.6 Å². The minimum atomic E-state index is 0.770. The Balaban J connectivity index is 1.44. The first-order chi connectivity index (χ1) is 9.92. The predicted octanol–water partition coefficient (Wildman–Crippen LogP) is 3.90. The molecule has 110 valence electrons. The van der Waals surface area contributed by atoms with Crippen LogP contribution in [-0.4, -0.2) is 19.1 Å². The van der Waals surface area contributed by atoms with Crippen molar-refractivity contribution in [3.05, 3.63) is 29.3 Å². The summed E-state index contributed by atoms with van der Waals surface area (Å²) in [6.45, 7) is 2.25. The molecule has 0 radical (unpaired) electrons. The number of nitrogens with one attached hydrogen (secondary N) is 2. The van der Waals surface area contributed by atoms with Crippen molar-refractivity contribution in [2.75, 3.05) is 18.4 Å². The van der Waals surface area contributed by atoms with Gasteiger partial charge in [-0.2, -0.15) is 0 Å². The van der Waals surface area contributed by atoms with Gasteiger partial charge in [0, 0.05) is 18.3 Å². The zero-order valence-corrected chi connectivity index (χ0v) is 12.6. The van der Waals surface area contributed by atoms with E-state index in [9.17, 15) is 0 Å². The molecule has 2 N–H and O–H groups in total. The van der Waals surface area contributed by atoms with Gasteiger partial charge >= 0.3 is 0 Å². The summed E-state index contributed by atoms with van der Waals surface area (Å²) in [5, 5.41) is 7.22. The number of hydrogen-bond acceptors (Lipinski definition) is 2. The zero-order valence-electron chi connectivity index (χ0n) is 12.6. The lowest BCUT2D eigenvalue weighted by atomic mass is 9.96. The fourth-order valence-electron chi connectivity index (χ4n) is 3.59. The Bertz CT molecular complexity index is 419. The van der Waals surface area contributed by atoms with Gasteiger partial charge in [0.2, 0.25) is 0 Å². The van der Waals surface area contributed by atoms with Crippen LogP contribution in [0.15, 0.2) is 18.2 Å². The van der Waals surface area contributed by atoms with Crippen LogP contribution in [0.3, 0.4) is 0 Å². The summed E-state index contributed by atoms with van der Waals surface area (Å²) in [4.78, 5) is 0. The monoisotopic (exact) mass is 272 g/mol. The minimum Gasteiger partial charge on any atom is -0.384 e. The van der Waals surface area contributed by atoms with Crippen LogP contribution in [0.2, 0.25) is 0 Å². The van der Waals surface area contributed by atoms with Crippen LogP contribution in [-0.2, 0) is 12.8 Å². The molecule has 0 atom stereocenters. The molecule has 3 rings (SSSR count). The fraction of sp³-hybridized carbons (Fsp3) is 0.667. The molecule has 1 heterocycles. The maximum absolute atomic E-state index is 3.79. The molecule has 2 nitrogen and oxygen atoms in total. The summed E-state index contributed by atoms with van der Waals surface area (Å²) in [5.74, 6) is 0. The third kappa shape index (κ3) is 3.76. The first kappa shape index (κ1) is 13.9. The second kappa shape index (κ2) is 7.12. The number of anilines is 1. The molecule has 1 aliphatic carbocycles. The highest BCUT2D eigenvalue weighted by Crippen LogP contribution is 2.23. The van der Waals surface area contributed by atoms with Crippen molar-refractivity contribution in [3.63, 3.8) is 0 Å². The predicted molar refractivity (Wildman–Crippen MR) is 86.4 cm³/mol. The van der Waals surface area contributed by atoms with Crippen molar-refractivity contribution >= 4 is 5.69 Å². The molecule has 1 fully saturated rings. The third-order valence-corrected chi connectivity index (χ3v) is 4.83. The molecule has 1 aromatic carbocycles. The van der Waals surface area contributed by atoms with Gasteiger partial charge in [-0.1, -0.05) is 44.2 Å². The van der Waals surface area contributed by atoms with Crippen LogP contribution in [0.4, 0.5) is 5.69 Å². The molecule has 1 aromatic rings. The summed E-state index contributed by atoms with van der Waals surface area (Å²) in [6.07, 6.45) is 12.3. The summed E-state index contributed by atoms with van der Waals surface area (Å²) in [5.41, 5.74) is 4.35. The van der Waals surface area contributed by atoms with Crippen LogP contribution < -0.4 is 10.6 Å². The van der Waals surface area contributed by atoms with Crippen LogP contribution in [0, 0.1) is 0 Å².